The third-order valence-corrected chi connectivity index (χ3v) is 6.45. The van der Waals surface area contributed by atoms with Gasteiger partial charge in [0, 0.05) is 42.4 Å². The molecule has 0 bridgehead atoms. The number of fused-ring (bicyclic) bond motifs is 1. The Morgan fingerprint density at radius 2 is 1.62 bits per heavy atom. The van der Waals surface area contributed by atoms with Crippen molar-refractivity contribution in [2.75, 3.05) is 13.1 Å². The Balaban J connectivity index is 1.75. The van der Waals surface area contributed by atoms with Crippen molar-refractivity contribution < 1.29 is 9.53 Å². The van der Waals surface area contributed by atoms with Crippen molar-refractivity contribution in [2.24, 2.45) is 0 Å². The summed E-state index contributed by atoms with van der Waals surface area (Å²) in [5.41, 5.74) is 5.75. The van der Waals surface area contributed by atoms with Gasteiger partial charge < -0.3 is 15.0 Å². The highest BCUT2D eigenvalue weighted by Gasteiger charge is 2.49. The third-order valence-electron chi connectivity index (χ3n) is 6.45. The van der Waals surface area contributed by atoms with Gasteiger partial charge in [0.15, 0.2) is 5.72 Å². The van der Waals surface area contributed by atoms with E-state index in [1.54, 1.807) is 0 Å². The maximum absolute atomic E-state index is 11.6. The molecule has 3 aromatic carbocycles. The first kappa shape index (κ1) is 23.8. The molecular formula is C30H34N2O2. The number of carbonyl (C=O) groups is 1. The van der Waals surface area contributed by atoms with Crippen LogP contribution in [0.25, 0.3) is 5.70 Å². The fraction of sp³-hybridized carbons (Fsp3) is 0.300. The van der Waals surface area contributed by atoms with Gasteiger partial charge in [-0.15, -0.1) is 0 Å². The van der Waals surface area contributed by atoms with Crippen LogP contribution in [0.3, 0.4) is 0 Å². The summed E-state index contributed by atoms with van der Waals surface area (Å²) in [6.45, 7) is 14.1. The van der Waals surface area contributed by atoms with E-state index in [2.05, 4.69) is 86.1 Å². The Bertz CT molecular complexity index is 1160. The second-order valence-corrected chi connectivity index (χ2v) is 9.87. The second-order valence-electron chi connectivity index (χ2n) is 9.87. The zero-order chi connectivity index (χ0) is 24.3. The molecule has 0 radical (unpaired) electrons. The average Bonchev–Trinajstić information content (AvgIpc) is 3.06. The summed E-state index contributed by atoms with van der Waals surface area (Å²) in [6.07, 6.45) is 0. The van der Waals surface area contributed by atoms with Crippen molar-refractivity contribution in [2.45, 2.75) is 45.4 Å². The highest BCUT2D eigenvalue weighted by molar-refractivity contribution is 5.74. The molecule has 4 nitrogen and oxygen atoms in total. The first-order valence-corrected chi connectivity index (χ1v) is 11.8. The number of hydrogen-bond acceptors (Lipinski definition) is 3. The topological polar surface area (TPSA) is 41.6 Å². The molecule has 1 aliphatic rings. The Morgan fingerprint density at radius 3 is 2.26 bits per heavy atom. The number of rotatable bonds is 7. The number of nitrogens with zero attached hydrogens (tertiary/aromatic N) is 1. The van der Waals surface area contributed by atoms with Gasteiger partial charge in [-0.25, -0.2) is 0 Å². The zero-order valence-electron chi connectivity index (χ0n) is 20.6. The van der Waals surface area contributed by atoms with E-state index in [-0.39, 0.29) is 11.3 Å². The van der Waals surface area contributed by atoms with Crippen LogP contribution in [0.4, 0.5) is 0 Å². The highest BCUT2D eigenvalue weighted by atomic mass is 16.5. The molecule has 0 fully saturated rings. The van der Waals surface area contributed by atoms with E-state index >= 15 is 0 Å². The van der Waals surface area contributed by atoms with Gasteiger partial charge in [0.1, 0.15) is 0 Å². The molecule has 4 rings (SSSR count). The van der Waals surface area contributed by atoms with E-state index in [9.17, 15) is 4.79 Å². The molecule has 34 heavy (non-hydrogen) atoms. The van der Waals surface area contributed by atoms with Gasteiger partial charge in [0.2, 0.25) is 5.91 Å². The van der Waals surface area contributed by atoms with E-state index < -0.39 is 5.72 Å². The van der Waals surface area contributed by atoms with E-state index in [0.717, 1.165) is 28.0 Å². The molecule has 0 aromatic heterocycles. The molecule has 0 aliphatic carbocycles. The van der Waals surface area contributed by atoms with Gasteiger partial charge >= 0.3 is 0 Å². The Kier molecular flexibility index (Phi) is 6.63. The summed E-state index contributed by atoms with van der Waals surface area (Å²) in [5.74, 6) is -0.0486. The predicted octanol–water partition coefficient (Wildman–Crippen LogP) is 5.82. The van der Waals surface area contributed by atoms with Crippen LogP contribution in [0, 0.1) is 0 Å². The van der Waals surface area contributed by atoms with Crippen molar-refractivity contribution in [1.82, 2.24) is 10.2 Å². The molecule has 1 unspecified atom stereocenters. The molecule has 1 N–H and O–H groups in total. The number of carbonyl (C=O) groups excluding carboxylic acids is 1. The average molecular weight is 455 g/mol. The summed E-state index contributed by atoms with van der Waals surface area (Å²) in [6, 6.07) is 27.2. The van der Waals surface area contributed by atoms with E-state index in [1.807, 2.05) is 30.3 Å². The van der Waals surface area contributed by atoms with E-state index in [0.29, 0.717) is 19.7 Å². The lowest BCUT2D eigenvalue weighted by Crippen LogP contribution is -2.46. The maximum atomic E-state index is 11.6. The minimum Gasteiger partial charge on any atom is -0.355 e. The second kappa shape index (κ2) is 9.47. The summed E-state index contributed by atoms with van der Waals surface area (Å²) in [5, 5.41) is 2.93. The number of ether oxygens (including phenoxy) is 1. The molecule has 3 aromatic rings. The first-order chi connectivity index (χ1) is 16.2. The lowest BCUT2D eigenvalue weighted by Gasteiger charge is -2.41. The van der Waals surface area contributed by atoms with Crippen molar-refractivity contribution in [3.05, 3.63) is 113 Å². The summed E-state index contributed by atoms with van der Waals surface area (Å²) >= 11 is 0. The highest BCUT2D eigenvalue weighted by Crippen LogP contribution is 2.50. The molecule has 1 amide bonds. The van der Waals surface area contributed by atoms with Crippen LogP contribution in [0.1, 0.15) is 55.5 Å². The Hall–Kier alpha value is -3.37. The molecule has 1 heterocycles. The molecular weight excluding hydrogens is 420 g/mol. The van der Waals surface area contributed by atoms with Gasteiger partial charge in [0.25, 0.3) is 0 Å². The normalized spacial score (nSPS) is 17.5. The van der Waals surface area contributed by atoms with Crippen LogP contribution in [0.5, 0.6) is 0 Å². The van der Waals surface area contributed by atoms with Crippen LogP contribution >= 0.6 is 0 Å². The number of nitrogens with one attached hydrogen (secondary N) is 1. The van der Waals surface area contributed by atoms with Crippen molar-refractivity contribution in [1.29, 1.82) is 0 Å². The molecule has 1 aliphatic heterocycles. The van der Waals surface area contributed by atoms with Crippen LogP contribution in [-0.4, -0.2) is 23.9 Å². The first-order valence-electron chi connectivity index (χ1n) is 11.8. The predicted molar refractivity (Wildman–Crippen MR) is 138 cm³/mol. The smallest absolute Gasteiger partial charge is 0.216 e. The largest absolute Gasteiger partial charge is 0.355 e. The van der Waals surface area contributed by atoms with Gasteiger partial charge in [0.05, 0.1) is 6.61 Å². The quantitative estimate of drug-likeness (QED) is 0.489. The van der Waals surface area contributed by atoms with E-state index in [4.69, 9.17) is 4.74 Å². The van der Waals surface area contributed by atoms with E-state index in [1.165, 1.54) is 12.5 Å². The van der Waals surface area contributed by atoms with Gasteiger partial charge in [-0.2, -0.15) is 0 Å². The van der Waals surface area contributed by atoms with Crippen molar-refractivity contribution in [3.63, 3.8) is 0 Å². The van der Waals surface area contributed by atoms with Gasteiger partial charge in [-0.1, -0.05) is 106 Å². The molecule has 0 saturated heterocycles. The standard InChI is InChI=1S/C30H34N2O2/c1-22-27-13-9-10-14-28(27)30(26-11-7-6-8-12-26,32(22)20-19-31-23(2)33)34-21-24-15-17-25(18-16-24)29(3,4)5/h6-18H,1,19-21H2,2-5H3,(H,31,33). The summed E-state index contributed by atoms with van der Waals surface area (Å²) in [4.78, 5) is 13.8. The monoisotopic (exact) mass is 454 g/mol. The van der Waals surface area contributed by atoms with Crippen molar-refractivity contribution in [3.8, 4) is 0 Å². The molecule has 4 heteroatoms. The lowest BCUT2D eigenvalue weighted by molar-refractivity contribution is -0.121. The van der Waals surface area contributed by atoms with Gasteiger partial charge in [-0.05, 0) is 16.5 Å². The summed E-state index contributed by atoms with van der Waals surface area (Å²) < 4.78 is 6.91. The number of amides is 1. The van der Waals surface area contributed by atoms with Crippen LogP contribution in [0.15, 0.2) is 85.4 Å². The van der Waals surface area contributed by atoms with Crippen LogP contribution in [0.2, 0.25) is 0 Å². The molecule has 0 spiro atoms. The van der Waals surface area contributed by atoms with Crippen molar-refractivity contribution >= 4 is 11.6 Å². The fourth-order valence-corrected chi connectivity index (χ4v) is 4.65. The molecule has 0 saturated carbocycles. The molecule has 1 atom stereocenters. The molecule has 176 valence electrons. The fourth-order valence-electron chi connectivity index (χ4n) is 4.65. The minimum atomic E-state index is -0.837. The summed E-state index contributed by atoms with van der Waals surface area (Å²) in [7, 11) is 0. The van der Waals surface area contributed by atoms with Crippen LogP contribution in [-0.2, 0) is 27.3 Å². The third kappa shape index (κ3) is 4.51. The Labute approximate surface area is 203 Å². The van der Waals surface area contributed by atoms with Crippen LogP contribution < -0.4 is 5.32 Å². The Morgan fingerprint density at radius 1 is 0.971 bits per heavy atom. The zero-order valence-corrected chi connectivity index (χ0v) is 20.6. The number of benzene rings is 3. The SMILES string of the molecule is C=C1c2ccccc2C(OCc2ccc(C(C)(C)C)cc2)(c2ccccc2)N1CCNC(C)=O. The minimum absolute atomic E-state index is 0.0486. The van der Waals surface area contributed by atoms with Gasteiger partial charge in [-0.3, -0.25) is 4.79 Å². The lowest BCUT2D eigenvalue weighted by atomic mass is 9.87. The maximum Gasteiger partial charge on any atom is 0.216 e. The number of hydrogen-bond donors (Lipinski definition) is 1.